The number of nitrogens with zero attached hydrogens (tertiary/aromatic N) is 1. The molecule has 1 aromatic carbocycles. The molecule has 4 nitrogen and oxygen atoms in total. The Morgan fingerprint density at radius 3 is 2.50 bits per heavy atom. The molecule has 0 spiro atoms. The highest BCUT2D eigenvalue weighted by Gasteiger charge is 2.27. The minimum Gasteiger partial charge on any atom is -0.326 e. The lowest BCUT2D eigenvalue weighted by Crippen LogP contribution is -2.34. The molecule has 0 aromatic heterocycles. The van der Waals surface area contributed by atoms with Crippen molar-refractivity contribution in [1.82, 2.24) is 4.31 Å². The Labute approximate surface area is 122 Å². The highest BCUT2D eigenvalue weighted by atomic mass is 32.2. The molecule has 1 aliphatic carbocycles. The number of aryl methyl sites for hydroxylation is 1. The monoisotopic (exact) mass is 296 g/mol. The molecule has 0 heterocycles. The molecule has 112 valence electrons. The van der Waals surface area contributed by atoms with Crippen molar-refractivity contribution in [1.29, 1.82) is 0 Å². The quantitative estimate of drug-likeness (QED) is 0.874. The summed E-state index contributed by atoms with van der Waals surface area (Å²) in [5.41, 5.74) is 7.76. The molecule has 1 saturated carbocycles. The van der Waals surface area contributed by atoms with Crippen LogP contribution in [0.4, 0.5) is 0 Å². The minimum atomic E-state index is -3.39. The van der Waals surface area contributed by atoms with Crippen molar-refractivity contribution < 1.29 is 8.42 Å². The first-order valence-corrected chi connectivity index (χ1v) is 8.71. The van der Waals surface area contributed by atoms with Crippen molar-refractivity contribution in [3.63, 3.8) is 0 Å². The zero-order valence-corrected chi connectivity index (χ0v) is 13.1. The van der Waals surface area contributed by atoms with E-state index in [0.29, 0.717) is 23.9 Å². The third-order valence-corrected chi connectivity index (χ3v) is 6.05. The van der Waals surface area contributed by atoms with Crippen LogP contribution in [0.15, 0.2) is 23.1 Å². The smallest absolute Gasteiger partial charge is 0.242 e. The lowest BCUT2D eigenvalue weighted by atomic mass is 9.86. The molecule has 0 amide bonds. The summed E-state index contributed by atoms with van der Waals surface area (Å²) in [6.45, 7) is 3.04. The zero-order chi connectivity index (χ0) is 14.8. The fourth-order valence-electron chi connectivity index (χ4n) is 2.61. The number of rotatable bonds is 6. The van der Waals surface area contributed by atoms with Gasteiger partial charge < -0.3 is 5.73 Å². The van der Waals surface area contributed by atoms with Crippen LogP contribution in [0.2, 0.25) is 0 Å². The number of hydrogen-bond acceptors (Lipinski definition) is 3. The third-order valence-electron chi connectivity index (χ3n) is 4.23. The molecule has 0 aliphatic heterocycles. The molecule has 0 unspecified atom stereocenters. The summed E-state index contributed by atoms with van der Waals surface area (Å²) in [6, 6.07) is 5.31. The van der Waals surface area contributed by atoms with Crippen LogP contribution in [-0.2, 0) is 23.0 Å². The summed E-state index contributed by atoms with van der Waals surface area (Å²) >= 11 is 0. The van der Waals surface area contributed by atoms with E-state index in [-0.39, 0.29) is 0 Å². The van der Waals surface area contributed by atoms with Gasteiger partial charge in [0.2, 0.25) is 10.0 Å². The first-order valence-electron chi connectivity index (χ1n) is 7.27. The minimum absolute atomic E-state index is 0.358. The van der Waals surface area contributed by atoms with Crippen LogP contribution in [0.3, 0.4) is 0 Å². The Morgan fingerprint density at radius 1 is 1.30 bits per heavy atom. The van der Waals surface area contributed by atoms with E-state index in [1.807, 2.05) is 13.0 Å². The Balaban J connectivity index is 2.23. The summed E-state index contributed by atoms with van der Waals surface area (Å²) in [6.07, 6.45) is 4.37. The van der Waals surface area contributed by atoms with Crippen LogP contribution in [0.1, 0.15) is 37.3 Å². The lowest BCUT2D eigenvalue weighted by Gasteiger charge is -2.29. The Hall–Kier alpha value is -0.910. The zero-order valence-electron chi connectivity index (χ0n) is 12.3. The van der Waals surface area contributed by atoms with Gasteiger partial charge in [-0.05, 0) is 48.4 Å². The lowest BCUT2D eigenvalue weighted by molar-refractivity contribution is 0.263. The standard InChI is InChI=1S/C15H24N2O2S/c1-3-13-7-8-15(9-14(13)10-16)20(18,19)17(2)11-12-5-4-6-12/h7-9,12H,3-6,10-11,16H2,1-2H3. The maximum absolute atomic E-state index is 12.6. The van der Waals surface area contributed by atoms with Crippen molar-refractivity contribution in [3.05, 3.63) is 29.3 Å². The van der Waals surface area contributed by atoms with Crippen LogP contribution < -0.4 is 5.73 Å². The van der Waals surface area contributed by atoms with Gasteiger partial charge >= 0.3 is 0 Å². The molecule has 0 radical (unpaired) electrons. The molecular formula is C15H24N2O2S. The van der Waals surface area contributed by atoms with Crippen LogP contribution in [0.5, 0.6) is 0 Å². The van der Waals surface area contributed by atoms with E-state index in [2.05, 4.69) is 0 Å². The summed E-state index contributed by atoms with van der Waals surface area (Å²) in [4.78, 5) is 0.358. The van der Waals surface area contributed by atoms with Crippen molar-refractivity contribution in [3.8, 4) is 0 Å². The van der Waals surface area contributed by atoms with E-state index in [1.54, 1.807) is 19.2 Å². The van der Waals surface area contributed by atoms with E-state index >= 15 is 0 Å². The van der Waals surface area contributed by atoms with Gasteiger partial charge in [-0.1, -0.05) is 19.4 Å². The molecule has 0 saturated heterocycles. The topological polar surface area (TPSA) is 63.4 Å². The van der Waals surface area contributed by atoms with Crippen LogP contribution in [0.25, 0.3) is 0 Å². The van der Waals surface area contributed by atoms with E-state index in [0.717, 1.165) is 30.4 Å². The molecule has 5 heteroatoms. The Kier molecular flexibility index (Phi) is 4.83. The van der Waals surface area contributed by atoms with Crippen LogP contribution >= 0.6 is 0 Å². The van der Waals surface area contributed by atoms with E-state index < -0.39 is 10.0 Å². The second-order valence-electron chi connectivity index (χ2n) is 5.57. The normalized spacial score (nSPS) is 16.4. The van der Waals surface area contributed by atoms with Gasteiger partial charge in [-0.25, -0.2) is 12.7 Å². The largest absolute Gasteiger partial charge is 0.326 e. The van der Waals surface area contributed by atoms with Crippen LogP contribution in [0, 0.1) is 5.92 Å². The van der Waals surface area contributed by atoms with E-state index in [1.165, 1.54) is 10.7 Å². The first-order chi connectivity index (χ1) is 9.48. The molecule has 0 bridgehead atoms. The first kappa shape index (κ1) is 15.5. The van der Waals surface area contributed by atoms with Crippen molar-refractivity contribution >= 4 is 10.0 Å². The predicted molar refractivity (Wildman–Crippen MR) is 80.9 cm³/mol. The van der Waals surface area contributed by atoms with Gasteiger partial charge in [-0.3, -0.25) is 0 Å². The number of sulfonamides is 1. The molecule has 2 N–H and O–H groups in total. The summed E-state index contributed by atoms with van der Waals surface area (Å²) in [5, 5.41) is 0. The van der Waals surface area contributed by atoms with Crippen LogP contribution in [-0.4, -0.2) is 26.3 Å². The van der Waals surface area contributed by atoms with Gasteiger partial charge in [0.05, 0.1) is 4.90 Å². The number of benzene rings is 1. The van der Waals surface area contributed by atoms with Crippen molar-refractivity contribution in [2.45, 2.75) is 44.0 Å². The molecule has 0 atom stereocenters. The van der Waals surface area contributed by atoms with Gasteiger partial charge in [0.1, 0.15) is 0 Å². The Bertz CT molecular complexity index is 565. The van der Waals surface area contributed by atoms with Crippen molar-refractivity contribution in [2.24, 2.45) is 11.7 Å². The maximum Gasteiger partial charge on any atom is 0.242 e. The summed E-state index contributed by atoms with van der Waals surface area (Å²) in [5.74, 6) is 0.527. The molecule has 2 rings (SSSR count). The van der Waals surface area contributed by atoms with E-state index in [9.17, 15) is 8.42 Å². The molecule has 20 heavy (non-hydrogen) atoms. The van der Waals surface area contributed by atoms with Gasteiger partial charge in [0, 0.05) is 20.1 Å². The fourth-order valence-corrected chi connectivity index (χ4v) is 3.91. The number of nitrogens with two attached hydrogens (primary N) is 1. The van der Waals surface area contributed by atoms with E-state index in [4.69, 9.17) is 5.73 Å². The second-order valence-corrected chi connectivity index (χ2v) is 7.62. The highest BCUT2D eigenvalue weighted by Crippen LogP contribution is 2.28. The average molecular weight is 296 g/mol. The predicted octanol–water partition coefficient (Wildman–Crippen LogP) is 2.13. The molecule has 1 fully saturated rings. The Morgan fingerprint density at radius 2 is 2.00 bits per heavy atom. The van der Waals surface area contributed by atoms with Gasteiger partial charge in [-0.2, -0.15) is 0 Å². The maximum atomic E-state index is 12.6. The fraction of sp³-hybridized carbons (Fsp3) is 0.600. The average Bonchev–Trinajstić information content (AvgIpc) is 2.41. The number of hydrogen-bond donors (Lipinski definition) is 1. The van der Waals surface area contributed by atoms with Gasteiger partial charge in [0.15, 0.2) is 0 Å². The highest BCUT2D eigenvalue weighted by molar-refractivity contribution is 7.89. The summed E-state index contributed by atoms with van der Waals surface area (Å²) < 4.78 is 26.6. The van der Waals surface area contributed by atoms with Gasteiger partial charge in [-0.15, -0.1) is 0 Å². The molecule has 1 aromatic rings. The SMILES string of the molecule is CCc1ccc(S(=O)(=O)N(C)CC2CCC2)cc1CN. The molecule has 1 aliphatic rings. The van der Waals surface area contributed by atoms with Gasteiger partial charge in [0.25, 0.3) is 0 Å². The second kappa shape index (κ2) is 6.24. The molecular weight excluding hydrogens is 272 g/mol. The third kappa shape index (κ3) is 3.05. The van der Waals surface area contributed by atoms with Crippen molar-refractivity contribution in [2.75, 3.05) is 13.6 Å². The summed E-state index contributed by atoms with van der Waals surface area (Å²) in [7, 11) is -1.72.